The molecule has 2 aromatic rings. The number of alkyl halides is 3. The molecule has 3 rings (SSSR count). The Bertz CT molecular complexity index is 903. The Morgan fingerprint density at radius 1 is 1.31 bits per heavy atom. The van der Waals surface area contributed by atoms with Gasteiger partial charge in [-0.25, -0.2) is 4.79 Å². The Balaban J connectivity index is 2.12. The molecule has 0 amide bonds. The minimum Gasteiger partial charge on any atom is -0.478 e. The van der Waals surface area contributed by atoms with Crippen LogP contribution >= 0.6 is 0 Å². The van der Waals surface area contributed by atoms with Crippen molar-refractivity contribution in [3.63, 3.8) is 0 Å². The van der Waals surface area contributed by atoms with Gasteiger partial charge in [0.05, 0.1) is 5.57 Å². The molecule has 0 fully saturated rings. The van der Waals surface area contributed by atoms with Crippen LogP contribution in [0.4, 0.5) is 13.2 Å². The monoisotopic (exact) mass is 363 g/mol. The van der Waals surface area contributed by atoms with E-state index in [0.717, 1.165) is 22.9 Å². The number of aliphatic carboxylic acids is 1. The molecule has 136 valence electrons. The van der Waals surface area contributed by atoms with Crippen LogP contribution in [0.25, 0.3) is 6.08 Å². The molecule has 1 aromatic carbocycles. The molecule has 7 heteroatoms. The average Bonchev–Trinajstić information content (AvgIpc) is 2.54. The molecule has 4 nitrogen and oxygen atoms in total. The van der Waals surface area contributed by atoms with Crippen molar-refractivity contribution < 1.29 is 27.8 Å². The van der Waals surface area contributed by atoms with Crippen molar-refractivity contribution in [2.24, 2.45) is 0 Å². The van der Waals surface area contributed by atoms with Gasteiger partial charge in [-0.2, -0.15) is 13.2 Å². The maximum atomic E-state index is 13.3. The molecule has 1 unspecified atom stereocenters. The molecule has 2 heterocycles. The fourth-order valence-corrected chi connectivity index (χ4v) is 2.99. The Labute approximate surface area is 147 Å². The lowest BCUT2D eigenvalue weighted by Crippen LogP contribution is -2.40. The van der Waals surface area contributed by atoms with E-state index in [2.05, 4.69) is 4.98 Å². The number of rotatable bonds is 3. The van der Waals surface area contributed by atoms with E-state index >= 15 is 0 Å². The molecule has 1 aromatic heterocycles. The Morgan fingerprint density at radius 3 is 2.65 bits per heavy atom. The minimum atomic E-state index is -4.83. The summed E-state index contributed by atoms with van der Waals surface area (Å²) in [6.45, 7) is 3.66. The summed E-state index contributed by atoms with van der Waals surface area (Å²) in [6, 6.07) is 6.99. The van der Waals surface area contributed by atoms with Crippen LogP contribution in [0, 0.1) is 13.8 Å². The Hall–Kier alpha value is -2.83. The standard InChI is InChI=1S/C19H16F3NO3/c1-10-6-12-8-14(18(24)25)17(19(20,21)22)26-16(12)13(7-10)9-15-11(2)4-3-5-23-15/h3-8,17H,9H2,1-2H3,(H,24,25). The number of aromatic nitrogens is 1. The SMILES string of the molecule is Cc1cc2c(c(Cc3ncccc3C)c1)OC(C(F)(F)F)C(C(=O)O)=C2. The third kappa shape index (κ3) is 3.42. The molecule has 1 aliphatic heterocycles. The van der Waals surface area contributed by atoms with E-state index in [4.69, 9.17) is 9.84 Å². The Morgan fingerprint density at radius 2 is 2.04 bits per heavy atom. The number of hydrogen-bond acceptors (Lipinski definition) is 3. The van der Waals surface area contributed by atoms with Crippen molar-refractivity contribution in [3.8, 4) is 5.75 Å². The van der Waals surface area contributed by atoms with Crippen LogP contribution in [0.5, 0.6) is 5.75 Å². The van der Waals surface area contributed by atoms with Gasteiger partial charge in [0.1, 0.15) is 5.75 Å². The highest BCUT2D eigenvalue weighted by Crippen LogP contribution is 2.40. The number of fused-ring (bicyclic) bond motifs is 1. The van der Waals surface area contributed by atoms with Crippen molar-refractivity contribution in [1.82, 2.24) is 4.98 Å². The van der Waals surface area contributed by atoms with E-state index in [1.807, 2.05) is 13.0 Å². The quantitative estimate of drug-likeness (QED) is 0.893. The smallest absolute Gasteiger partial charge is 0.430 e. The summed E-state index contributed by atoms with van der Waals surface area (Å²) in [5.74, 6) is -1.60. The number of pyridine rings is 1. The van der Waals surface area contributed by atoms with Gasteiger partial charge in [-0.1, -0.05) is 12.1 Å². The summed E-state index contributed by atoms with van der Waals surface area (Å²) in [6.07, 6.45) is -4.38. The molecule has 0 spiro atoms. The van der Waals surface area contributed by atoms with E-state index in [1.165, 1.54) is 0 Å². The van der Waals surface area contributed by atoms with Gasteiger partial charge in [-0.15, -0.1) is 0 Å². The number of aryl methyl sites for hydroxylation is 2. The summed E-state index contributed by atoms with van der Waals surface area (Å²) >= 11 is 0. The van der Waals surface area contributed by atoms with Gasteiger partial charge in [0.15, 0.2) is 0 Å². The molecule has 1 N–H and O–H groups in total. The highest BCUT2D eigenvalue weighted by Gasteiger charge is 2.48. The maximum Gasteiger partial charge on any atom is 0.430 e. The first kappa shape index (κ1) is 18.0. The fraction of sp³-hybridized carbons (Fsp3) is 0.263. The second-order valence-electron chi connectivity index (χ2n) is 6.23. The van der Waals surface area contributed by atoms with Crippen molar-refractivity contribution in [2.45, 2.75) is 32.5 Å². The third-order valence-electron chi connectivity index (χ3n) is 4.19. The van der Waals surface area contributed by atoms with Gasteiger partial charge in [0.25, 0.3) is 0 Å². The normalized spacial score (nSPS) is 16.5. The van der Waals surface area contributed by atoms with E-state index in [-0.39, 0.29) is 12.2 Å². The molecule has 0 aliphatic carbocycles. The fourth-order valence-electron chi connectivity index (χ4n) is 2.99. The number of carboxylic acid groups (broad SMARTS) is 1. The van der Waals surface area contributed by atoms with E-state index in [0.29, 0.717) is 11.1 Å². The highest BCUT2D eigenvalue weighted by molar-refractivity contribution is 5.95. The summed E-state index contributed by atoms with van der Waals surface area (Å²) in [5.41, 5.74) is 2.47. The number of halogens is 3. The predicted molar refractivity (Wildman–Crippen MR) is 89.0 cm³/mol. The molecule has 0 saturated carbocycles. The van der Waals surface area contributed by atoms with Crippen LogP contribution in [-0.2, 0) is 11.2 Å². The van der Waals surface area contributed by atoms with Crippen molar-refractivity contribution in [2.75, 3.05) is 0 Å². The van der Waals surface area contributed by atoms with Gasteiger partial charge in [0.2, 0.25) is 6.10 Å². The van der Waals surface area contributed by atoms with Crippen LogP contribution < -0.4 is 4.74 Å². The summed E-state index contributed by atoms with van der Waals surface area (Å²) in [4.78, 5) is 15.5. The summed E-state index contributed by atoms with van der Waals surface area (Å²) < 4.78 is 45.1. The van der Waals surface area contributed by atoms with Crippen LogP contribution in [0.2, 0.25) is 0 Å². The largest absolute Gasteiger partial charge is 0.478 e. The number of carbonyl (C=O) groups is 1. The molecule has 1 aliphatic rings. The predicted octanol–water partition coefficient (Wildman–Crippen LogP) is 4.08. The second-order valence-corrected chi connectivity index (χ2v) is 6.23. The van der Waals surface area contributed by atoms with Crippen LogP contribution in [0.15, 0.2) is 36.0 Å². The maximum absolute atomic E-state index is 13.3. The zero-order valence-electron chi connectivity index (χ0n) is 14.1. The second kappa shape index (κ2) is 6.48. The number of nitrogens with zero attached hydrogens (tertiary/aromatic N) is 1. The van der Waals surface area contributed by atoms with Crippen LogP contribution in [0.1, 0.15) is 27.9 Å². The van der Waals surface area contributed by atoms with Gasteiger partial charge in [0, 0.05) is 29.4 Å². The van der Waals surface area contributed by atoms with E-state index in [9.17, 15) is 18.0 Å². The van der Waals surface area contributed by atoms with Gasteiger partial charge in [-0.3, -0.25) is 4.98 Å². The van der Waals surface area contributed by atoms with Crippen LogP contribution in [-0.4, -0.2) is 28.3 Å². The highest BCUT2D eigenvalue weighted by atomic mass is 19.4. The molecule has 0 saturated heterocycles. The van der Waals surface area contributed by atoms with Gasteiger partial charge in [-0.05, 0) is 43.2 Å². The number of benzene rings is 1. The average molecular weight is 363 g/mol. The minimum absolute atomic E-state index is 0.0491. The molecule has 1 atom stereocenters. The molecule has 0 radical (unpaired) electrons. The molecule has 26 heavy (non-hydrogen) atoms. The molecular weight excluding hydrogens is 347 g/mol. The summed E-state index contributed by atoms with van der Waals surface area (Å²) in [5, 5.41) is 9.15. The number of hydrogen-bond donors (Lipinski definition) is 1. The van der Waals surface area contributed by atoms with E-state index in [1.54, 1.807) is 31.3 Å². The topological polar surface area (TPSA) is 59.4 Å². The zero-order chi connectivity index (χ0) is 19.1. The first-order chi connectivity index (χ1) is 12.2. The van der Waals surface area contributed by atoms with Crippen molar-refractivity contribution in [3.05, 3.63) is 64.0 Å². The lowest BCUT2D eigenvalue weighted by Gasteiger charge is -2.29. The van der Waals surface area contributed by atoms with Crippen LogP contribution in [0.3, 0.4) is 0 Å². The number of ether oxygens (including phenoxy) is 1. The third-order valence-corrected chi connectivity index (χ3v) is 4.19. The van der Waals surface area contributed by atoms with Crippen molar-refractivity contribution in [1.29, 1.82) is 0 Å². The molecule has 0 bridgehead atoms. The summed E-state index contributed by atoms with van der Waals surface area (Å²) in [7, 11) is 0. The first-order valence-corrected chi connectivity index (χ1v) is 7.89. The van der Waals surface area contributed by atoms with E-state index < -0.39 is 23.8 Å². The van der Waals surface area contributed by atoms with Crippen molar-refractivity contribution >= 4 is 12.0 Å². The van der Waals surface area contributed by atoms with Gasteiger partial charge < -0.3 is 9.84 Å². The number of carboxylic acids is 1. The lowest BCUT2D eigenvalue weighted by molar-refractivity contribution is -0.187. The zero-order valence-corrected chi connectivity index (χ0v) is 14.1. The Kier molecular flexibility index (Phi) is 4.48. The van der Waals surface area contributed by atoms with Gasteiger partial charge >= 0.3 is 12.1 Å². The first-order valence-electron chi connectivity index (χ1n) is 7.89. The lowest BCUT2D eigenvalue weighted by atomic mass is 9.94. The molecular formula is C19H16F3NO3.